The van der Waals surface area contributed by atoms with Gasteiger partial charge in [0.2, 0.25) is 11.7 Å². The first kappa shape index (κ1) is 25.3. The van der Waals surface area contributed by atoms with Gasteiger partial charge in [-0.1, -0.05) is 12.0 Å². The number of rotatable bonds is 6. The van der Waals surface area contributed by atoms with Crippen LogP contribution in [0.25, 0.3) is 0 Å². The molecule has 32 heavy (non-hydrogen) atoms. The molecule has 178 valence electrons. The highest BCUT2D eigenvalue weighted by molar-refractivity contribution is 7.94. The average Bonchev–Trinajstić information content (AvgIpc) is 3.02. The average molecular weight is 496 g/mol. The van der Waals surface area contributed by atoms with E-state index in [2.05, 4.69) is 10.2 Å². The highest BCUT2D eigenvalue weighted by atomic mass is 32.2. The number of carbonyl (C=O) groups excluding carboxylic acids is 1. The molecule has 8 nitrogen and oxygen atoms in total. The standard InChI is InChI=1S/C15H12F8N4O4S/c1-3-10(28)27(32(29,30)15(21,22)23)8-4-6-9(7-5-8)31-12-25-24-11(26(12)2)13(16,17)14(18,19)20/h4-7H,3H2,1-2H3. The molecule has 0 fully saturated rings. The molecule has 0 aliphatic carbocycles. The third-order valence-corrected chi connectivity index (χ3v) is 5.29. The summed E-state index contributed by atoms with van der Waals surface area (Å²) in [6.45, 7) is 1.13. The molecule has 0 saturated heterocycles. The number of alkyl halides is 8. The maximum atomic E-state index is 13.4. The first-order valence-corrected chi connectivity index (χ1v) is 9.66. The van der Waals surface area contributed by atoms with Crippen LogP contribution in [0.4, 0.5) is 40.8 Å². The summed E-state index contributed by atoms with van der Waals surface area (Å²) in [5.74, 6) is -8.89. The molecule has 17 heteroatoms. The largest absolute Gasteiger partial charge is 0.517 e. The van der Waals surface area contributed by atoms with Gasteiger partial charge in [0, 0.05) is 13.5 Å². The molecule has 1 aromatic heterocycles. The number of carbonyl (C=O) groups is 1. The molecule has 0 bridgehead atoms. The van der Waals surface area contributed by atoms with E-state index in [-0.39, 0.29) is 10.3 Å². The van der Waals surface area contributed by atoms with Crippen molar-refractivity contribution in [1.82, 2.24) is 14.8 Å². The molecule has 1 heterocycles. The fourth-order valence-electron chi connectivity index (χ4n) is 2.22. The molecule has 0 aliphatic heterocycles. The van der Waals surface area contributed by atoms with Crippen molar-refractivity contribution in [2.45, 2.75) is 31.0 Å². The number of hydrogen-bond acceptors (Lipinski definition) is 6. The SMILES string of the molecule is CCC(=O)N(c1ccc(Oc2nnc(C(F)(F)C(F)(F)F)n2C)cc1)S(=O)(=O)C(F)(F)F. The van der Waals surface area contributed by atoms with Crippen LogP contribution in [0, 0.1) is 0 Å². The van der Waals surface area contributed by atoms with Crippen LogP contribution in [0.15, 0.2) is 24.3 Å². The summed E-state index contributed by atoms with van der Waals surface area (Å²) in [6, 6.07) is 2.31. The second-order valence-corrected chi connectivity index (χ2v) is 7.77. The molecule has 0 unspecified atom stereocenters. The van der Waals surface area contributed by atoms with Crippen LogP contribution in [0.1, 0.15) is 19.2 Å². The lowest BCUT2D eigenvalue weighted by molar-refractivity contribution is -0.293. The molecule has 0 spiro atoms. The molecular weight excluding hydrogens is 484 g/mol. The summed E-state index contributed by atoms with van der Waals surface area (Å²) in [7, 11) is -5.34. The number of ether oxygens (including phenoxy) is 1. The predicted octanol–water partition coefficient (Wildman–Crippen LogP) is 3.85. The number of benzene rings is 1. The highest BCUT2D eigenvalue weighted by Gasteiger charge is 2.62. The molecule has 1 aromatic carbocycles. The van der Waals surface area contributed by atoms with E-state index in [1.54, 1.807) is 0 Å². The third kappa shape index (κ3) is 4.46. The minimum atomic E-state index is -6.08. The molecule has 0 saturated carbocycles. The summed E-state index contributed by atoms with van der Waals surface area (Å²) in [5.41, 5.74) is -6.50. The number of nitrogens with zero attached hydrogens (tertiary/aromatic N) is 4. The Morgan fingerprint density at radius 2 is 1.56 bits per heavy atom. The highest BCUT2D eigenvalue weighted by Crippen LogP contribution is 2.43. The fourth-order valence-corrected chi connectivity index (χ4v) is 3.23. The van der Waals surface area contributed by atoms with Crippen molar-refractivity contribution in [2.24, 2.45) is 7.05 Å². The normalized spacial score (nSPS) is 13.2. The van der Waals surface area contributed by atoms with Gasteiger partial charge in [0.05, 0.1) is 5.69 Å². The molecule has 2 rings (SSSR count). The maximum Gasteiger partial charge on any atom is 0.517 e. The summed E-state index contributed by atoms with van der Waals surface area (Å²) < 4.78 is 131. The molecule has 0 atom stereocenters. The Balaban J connectivity index is 2.37. The third-order valence-electron chi connectivity index (χ3n) is 3.81. The van der Waals surface area contributed by atoms with Gasteiger partial charge in [-0.3, -0.25) is 9.36 Å². The number of hydrogen-bond donors (Lipinski definition) is 0. The molecule has 0 radical (unpaired) electrons. The van der Waals surface area contributed by atoms with E-state index in [9.17, 15) is 48.3 Å². The summed E-state index contributed by atoms with van der Waals surface area (Å²) in [5, 5.41) is 5.81. The van der Waals surface area contributed by atoms with Crippen LogP contribution in [-0.4, -0.2) is 40.8 Å². The minimum Gasteiger partial charge on any atom is -0.424 e. The lowest BCUT2D eigenvalue weighted by Crippen LogP contribution is -2.44. The Hall–Kier alpha value is -2.98. The minimum absolute atomic E-state index is 0.197. The number of aromatic nitrogens is 3. The van der Waals surface area contributed by atoms with Crippen LogP contribution >= 0.6 is 0 Å². The van der Waals surface area contributed by atoms with Gasteiger partial charge in [0.15, 0.2) is 0 Å². The second kappa shape index (κ2) is 8.18. The summed E-state index contributed by atoms with van der Waals surface area (Å²) in [4.78, 5) is 11.8. The summed E-state index contributed by atoms with van der Waals surface area (Å²) >= 11 is 0. The van der Waals surface area contributed by atoms with Crippen molar-refractivity contribution < 1.29 is 53.1 Å². The van der Waals surface area contributed by atoms with E-state index < -0.39 is 61.8 Å². The van der Waals surface area contributed by atoms with Gasteiger partial charge in [-0.25, -0.2) is 0 Å². The van der Waals surface area contributed by atoms with Crippen LogP contribution < -0.4 is 9.04 Å². The monoisotopic (exact) mass is 496 g/mol. The van der Waals surface area contributed by atoms with E-state index >= 15 is 0 Å². The zero-order chi connectivity index (χ0) is 24.7. The summed E-state index contributed by atoms with van der Waals surface area (Å²) in [6.07, 6.45) is -6.56. The number of halogens is 8. The number of amides is 1. The van der Waals surface area contributed by atoms with Gasteiger partial charge in [0.1, 0.15) is 5.75 Å². The molecule has 0 aliphatic rings. The Morgan fingerprint density at radius 3 is 2.00 bits per heavy atom. The van der Waals surface area contributed by atoms with Crippen molar-refractivity contribution in [3.8, 4) is 11.8 Å². The van der Waals surface area contributed by atoms with Crippen molar-refractivity contribution >= 4 is 21.6 Å². The van der Waals surface area contributed by atoms with E-state index in [0.29, 0.717) is 0 Å². The lowest BCUT2D eigenvalue weighted by Gasteiger charge is -2.23. The number of sulfonamides is 1. The number of anilines is 1. The van der Waals surface area contributed by atoms with Crippen LogP contribution in [-0.2, 0) is 27.8 Å². The Kier molecular flexibility index (Phi) is 6.46. The van der Waals surface area contributed by atoms with E-state index in [0.717, 1.165) is 38.2 Å². The zero-order valence-electron chi connectivity index (χ0n) is 15.9. The van der Waals surface area contributed by atoms with E-state index in [4.69, 9.17) is 4.74 Å². The first-order valence-electron chi connectivity index (χ1n) is 8.22. The molecule has 2 aromatic rings. The van der Waals surface area contributed by atoms with Gasteiger partial charge >= 0.3 is 33.6 Å². The zero-order valence-corrected chi connectivity index (χ0v) is 16.7. The van der Waals surface area contributed by atoms with E-state index in [1.165, 1.54) is 0 Å². The predicted molar refractivity (Wildman–Crippen MR) is 90.2 cm³/mol. The lowest BCUT2D eigenvalue weighted by atomic mass is 10.3. The van der Waals surface area contributed by atoms with Crippen molar-refractivity contribution in [2.75, 3.05) is 4.31 Å². The quantitative estimate of drug-likeness (QED) is 0.564. The van der Waals surface area contributed by atoms with Crippen LogP contribution in [0.2, 0.25) is 0 Å². The molecular formula is C15H12F8N4O4S. The second-order valence-electron chi connectivity index (χ2n) is 6.00. The van der Waals surface area contributed by atoms with Crippen molar-refractivity contribution in [3.63, 3.8) is 0 Å². The van der Waals surface area contributed by atoms with E-state index in [1.807, 2.05) is 0 Å². The Bertz CT molecular complexity index is 1090. The van der Waals surface area contributed by atoms with Crippen LogP contribution in [0.5, 0.6) is 11.8 Å². The Labute approximate surface area is 174 Å². The van der Waals surface area contributed by atoms with Crippen LogP contribution in [0.3, 0.4) is 0 Å². The van der Waals surface area contributed by atoms with Crippen molar-refractivity contribution in [1.29, 1.82) is 0 Å². The fraction of sp³-hybridized carbons (Fsp3) is 0.400. The first-order chi connectivity index (χ1) is 14.4. The van der Waals surface area contributed by atoms with Gasteiger partial charge in [-0.2, -0.15) is 47.8 Å². The maximum absolute atomic E-state index is 13.4. The van der Waals surface area contributed by atoms with Crippen molar-refractivity contribution in [3.05, 3.63) is 30.1 Å². The van der Waals surface area contributed by atoms with Gasteiger partial charge < -0.3 is 4.74 Å². The van der Waals surface area contributed by atoms with Gasteiger partial charge in [-0.05, 0) is 24.3 Å². The van der Waals surface area contributed by atoms with Gasteiger partial charge in [-0.15, -0.1) is 5.10 Å². The molecule has 0 N–H and O–H groups in total. The Morgan fingerprint density at radius 1 is 1.03 bits per heavy atom. The smallest absolute Gasteiger partial charge is 0.424 e. The topological polar surface area (TPSA) is 94.4 Å². The van der Waals surface area contributed by atoms with Gasteiger partial charge in [0.25, 0.3) is 0 Å². The molecule has 1 amide bonds.